The Labute approximate surface area is 138 Å². The first-order valence-corrected chi connectivity index (χ1v) is 7.10. The quantitative estimate of drug-likeness (QED) is 0.672. The molecule has 0 fully saturated rings. The minimum Gasteiger partial charge on any atom is -0.478 e. The number of nitrogens with one attached hydrogen (secondary N) is 1. The molecule has 0 aromatic heterocycles. The highest BCUT2D eigenvalue weighted by atomic mass is 16.7. The van der Waals surface area contributed by atoms with Crippen LogP contribution >= 0.6 is 0 Å². The number of nitrogens with zero attached hydrogens (tertiary/aromatic N) is 2. The van der Waals surface area contributed by atoms with Gasteiger partial charge in [-0.15, -0.1) is 0 Å². The van der Waals surface area contributed by atoms with E-state index in [4.69, 9.17) is 19.5 Å². The SMILES string of the molecule is N#CCOc1ccccc1/C=N\NC(=O)c1ccc2c(c1)OCO2. The van der Waals surface area contributed by atoms with Gasteiger partial charge in [0.1, 0.15) is 11.8 Å². The predicted octanol–water partition coefficient (Wildman–Crippen LogP) is 2.08. The fourth-order valence-corrected chi connectivity index (χ4v) is 2.09. The maximum absolute atomic E-state index is 12.1. The van der Waals surface area contributed by atoms with E-state index in [-0.39, 0.29) is 19.3 Å². The number of benzene rings is 2. The maximum Gasteiger partial charge on any atom is 0.271 e. The van der Waals surface area contributed by atoms with E-state index < -0.39 is 0 Å². The molecule has 0 saturated carbocycles. The van der Waals surface area contributed by atoms with Crippen molar-refractivity contribution in [3.05, 3.63) is 53.6 Å². The van der Waals surface area contributed by atoms with Gasteiger partial charge >= 0.3 is 0 Å². The van der Waals surface area contributed by atoms with E-state index in [0.29, 0.717) is 28.4 Å². The number of rotatable bonds is 5. The maximum atomic E-state index is 12.1. The number of ether oxygens (including phenoxy) is 3. The van der Waals surface area contributed by atoms with Crippen LogP contribution in [0.15, 0.2) is 47.6 Å². The van der Waals surface area contributed by atoms with Gasteiger partial charge in [0.05, 0.1) is 6.21 Å². The van der Waals surface area contributed by atoms with Crippen LogP contribution in [0.25, 0.3) is 0 Å². The third-order valence-corrected chi connectivity index (χ3v) is 3.22. The first-order chi connectivity index (χ1) is 11.8. The number of hydrazone groups is 1. The van der Waals surface area contributed by atoms with Gasteiger partial charge in [0, 0.05) is 11.1 Å². The van der Waals surface area contributed by atoms with E-state index in [0.717, 1.165) is 0 Å². The summed E-state index contributed by atoms with van der Waals surface area (Å²) in [5.41, 5.74) is 3.49. The zero-order chi connectivity index (χ0) is 16.8. The number of amides is 1. The summed E-state index contributed by atoms with van der Waals surface area (Å²) >= 11 is 0. The highest BCUT2D eigenvalue weighted by molar-refractivity contribution is 5.95. The lowest BCUT2D eigenvalue weighted by atomic mass is 10.2. The van der Waals surface area contributed by atoms with Crippen molar-refractivity contribution in [1.29, 1.82) is 5.26 Å². The van der Waals surface area contributed by atoms with Gasteiger partial charge in [-0.2, -0.15) is 10.4 Å². The Morgan fingerprint density at radius 3 is 3.00 bits per heavy atom. The summed E-state index contributed by atoms with van der Waals surface area (Å²) in [6, 6.07) is 13.9. The molecule has 0 bridgehead atoms. The Morgan fingerprint density at radius 1 is 1.29 bits per heavy atom. The van der Waals surface area contributed by atoms with Crippen LogP contribution in [0, 0.1) is 11.3 Å². The molecule has 0 atom stereocenters. The number of hydrogen-bond acceptors (Lipinski definition) is 6. The highest BCUT2D eigenvalue weighted by Crippen LogP contribution is 2.32. The molecule has 2 aromatic rings. The van der Waals surface area contributed by atoms with Crippen molar-refractivity contribution < 1.29 is 19.0 Å². The van der Waals surface area contributed by atoms with E-state index in [1.165, 1.54) is 6.21 Å². The Balaban J connectivity index is 1.66. The number of hydrogen-bond donors (Lipinski definition) is 1. The Kier molecular flexibility index (Phi) is 4.58. The zero-order valence-corrected chi connectivity index (χ0v) is 12.6. The van der Waals surface area contributed by atoms with Crippen molar-refractivity contribution in [3.63, 3.8) is 0 Å². The molecule has 0 aliphatic carbocycles. The van der Waals surface area contributed by atoms with Gasteiger partial charge in [0.25, 0.3) is 5.91 Å². The van der Waals surface area contributed by atoms with Crippen molar-refractivity contribution in [2.24, 2.45) is 5.10 Å². The lowest BCUT2D eigenvalue weighted by Gasteiger charge is -2.05. The fourth-order valence-electron chi connectivity index (χ4n) is 2.09. The van der Waals surface area contributed by atoms with Gasteiger partial charge in [-0.05, 0) is 30.3 Å². The van der Waals surface area contributed by atoms with Crippen molar-refractivity contribution in [2.45, 2.75) is 0 Å². The molecule has 0 unspecified atom stereocenters. The molecule has 1 heterocycles. The molecule has 24 heavy (non-hydrogen) atoms. The van der Waals surface area contributed by atoms with Crippen molar-refractivity contribution >= 4 is 12.1 Å². The minimum atomic E-state index is -0.375. The first-order valence-electron chi connectivity index (χ1n) is 7.10. The molecular formula is C17H13N3O4. The summed E-state index contributed by atoms with van der Waals surface area (Å²) in [6.07, 6.45) is 1.46. The van der Waals surface area contributed by atoms with Gasteiger partial charge in [-0.3, -0.25) is 4.79 Å². The molecule has 0 radical (unpaired) electrons. The molecule has 0 saturated heterocycles. The smallest absolute Gasteiger partial charge is 0.271 e. The van der Waals surface area contributed by atoms with E-state index in [1.807, 2.05) is 6.07 Å². The van der Waals surface area contributed by atoms with E-state index in [9.17, 15) is 4.79 Å². The number of carbonyl (C=O) groups excluding carboxylic acids is 1. The molecule has 120 valence electrons. The van der Waals surface area contributed by atoms with Crippen LogP contribution in [0.3, 0.4) is 0 Å². The first kappa shape index (κ1) is 15.4. The molecule has 0 spiro atoms. The molecule has 1 amide bonds. The third-order valence-electron chi connectivity index (χ3n) is 3.22. The van der Waals surface area contributed by atoms with Crippen molar-refractivity contribution in [2.75, 3.05) is 13.4 Å². The Bertz CT molecular complexity index is 827. The predicted molar refractivity (Wildman–Crippen MR) is 85.2 cm³/mol. The third kappa shape index (κ3) is 3.44. The molecular weight excluding hydrogens is 310 g/mol. The fraction of sp³-hybridized carbons (Fsp3) is 0.118. The largest absolute Gasteiger partial charge is 0.478 e. The number of fused-ring (bicyclic) bond motifs is 1. The summed E-state index contributed by atoms with van der Waals surface area (Å²) in [4.78, 5) is 12.1. The molecule has 1 N–H and O–H groups in total. The van der Waals surface area contributed by atoms with Crippen LogP contribution in [0.1, 0.15) is 15.9 Å². The molecule has 1 aliphatic heterocycles. The number of nitriles is 1. The van der Waals surface area contributed by atoms with Crippen LogP contribution in [-0.2, 0) is 0 Å². The van der Waals surface area contributed by atoms with Crippen LogP contribution < -0.4 is 19.6 Å². The Hall–Kier alpha value is -3.53. The van der Waals surface area contributed by atoms with Crippen molar-refractivity contribution in [1.82, 2.24) is 5.43 Å². The second-order valence-electron chi connectivity index (χ2n) is 4.75. The summed E-state index contributed by atoms with van der Waals surface area (Å²) < 4.78 is 15.7. The van der Waals surface area contributed by atoms with Crippen LogP contribution in [0.2, 0.25) is 0 Å². The van der Waals surface area contributed by atoms with Crippen LogP contribution in [0.4, 0.5) is 0 Å². The van der Waals surface area contributed by atoms with Gasteiger partial charge in [-0.25, -0.2) is 5.43 Å². The van der Waals surface area contributed by atoms with E-state index in [2.05, 4.69) is 10.5 Å². The van der Waals surface area contributed by atoms with E-state index in [1.54, 1.807) is 42.5 Å². The van der Waals surface area contributed by atoms with Crippen molar-refractivity contribution in [3.8, 4) is 23.3 Å². The molecule has 7 heteroatoms. The molecule has 1 aliphatic rings. The highest BCUT2D eigenvalue weighted by Gasteiger charge is 2.15. The second kappa shape index (κ2) is 7.15. The average Bonchev–Trinajstić information content (AvgIpc) is 3.08. The van der Waals surface area contributed by atoms with Crippen LogP contribution in [0.5, 0.6) is 17.2 Å². The van der Waals surface area contributed by atoms with Gasteiger partial charge < -0.3 is 14.2 Å². The van der Waals surface area contributed by atoms with Gasteiger partial charge in [-0.1, -0.05) is 12.1 Å². The summed E-state index contributed by atoms with van der Waals surface area (Å²) in [5, 5.41) is 12.5. The molecule has 7 nitrogen and oxygen atoms in total. The van der Waals surface area contributed by atoms with E-state index >= 15 is 0 Å². The zero-order valence-electron chi connectivity index (χ0n) is 12.6. The average molecular weight is 323 g/mol. The molecule has 2 aromatic carbocycles. The second-order valence-corrected chi connectivity index (χ2v) is 4.75. The lowest BCUT2D eigenvalue weighted by molar-refractivity contribution is 0.0954. The number of para-hydroxylation sites is 1. The van der Waals surface area contributed by atoms with Gasteiger partial charge in [0.15, 0.2) is 18.1 Å². The topological polar surface area (TPSA) is 92.9 Å². The summed E-state index contributed by atoms with van der Waals surface area (Å²) in [6.45, 7) is 0.0897. The Morgan fingerprint density at radius 2 is 2.12 bits per heavy atom. The normalized spacial score (nSPS) is 12.0. The number of carbonyl (C=O) groups is 1. The van der Waals surface area contributed by atoms with Gasteiger partial charge in [0.2, 0.25) is 6.79 Å². The summed E-state index contributed by atoms with van der Waals surface area (Å²) in [7, 11) is 0. The minimum absolute atomic E-state index is 0.0611. The standard InChI is InChI=1S/C17H13N3O4/c18-7-8-22-14-4-2-1-3-13(14)10-19-20-17(21)12-5-6-15-16(9-12)24-11-23-15/h1-6,9-10H,8,11H2,(H,20,21)/b19-10-. The van der Waals surface area contributed by atoms with Crippen LogP contribution in [-0.4, -0.2) is 25.5 Å². The molecule has 3 rings (SSSR count). The summed E-state index contributed by atoms with van der Waals surface area (Å²) in [5.74, 6) is 1.28. The lowest BCUT2D eigenvalue weighted by Crippen LogP contribution is -2.17. The monoisotopic (exact) mass is 323 g/mol.